The zero-order valence-corrected chi connectivity index (χ0v) is 14.5. The third-order valence-corrected chi connectivity index (χ3v) is 5.96. The Hall–Kier alpha value is -2.25. The maximum atomic E-state index is 13.3. The summed E-state index contributed by atoms with van der Waals surface area (Å²) in [5.41, 5.74) is 1.96. The lowest BCUT2D eigenvalue weighted by atomic mass is 10.0. The number of nitrogens with zero attached hydrogens (tertiary/aromatic N) is 1. The number of hydrogen-bond acceptors (Lipinski definition) is 4. The third kappa shape index (κ3) is 2.63. The van der Waals surface area contributed by atoms with E-state index in [2.05, 4.69) is 18.8 Å². The van der Waals surface area contributed by atoms with Crippen LogP contribution in [0.25, 0.3) is 11.1 Å². The summed E-state index contributed by atoms with van der Waals surface area (Å²) >= 11 is 0. The van der Waals surface area contributed by atoms with Crippen LogP contribution in [0.3, 0.4) is 0 Å². The molecule has 3 aromatic rings. The van der Waals surface area contributed by atoms with Crippen molar-refractivity contribution in [2.45, 2.75) is 30.6 Å². The van der Waals surface area contributed by atoms with Gasteiger partial charge >= 0.3 is 0 Å². The van der Waals surface area contributed by atoms with Crippen molar-refractivity contribution >= 4 is 21.1 Å². The molecule has 0 saturated heterocycles. The molecular weight excluding hydrogens is 343 g/mol. The van der Waals surface area contributed by atoms with Crippen molar-refractivity contribution < 1.29 is 17.2 Å². The summed E-state index contributed by atoms with van der Waals surface area (Å²) < 4.78 is 41.9. The van der Waals surface area contributed by atoms with E-state index < -0.39 is 10.0 Å². The minimum Gasteiger partial charge on any atom is -0.440 e. The molecule has 0 spiro atoms. The van der Waals surface area contributed by atoms with Gasteiger partial charge in [0.2, 0.25) is 10.0 Å². The van der Waals surface area contributed by atoms with Crippen LogP contribution in [0.5, 0.6) is 0 Å². The van der Waals surface area contributed by atoms with Crippen LogP contribution >= 0.6 is 0 Å². The average molecular weight is 360 g/mol. The number of nitrogens with two attached hydrogens (primary N) is 1. The fourth-order valence-corrected chi connectivity index (χ4v) is 4.15. The van der Waals surface area contributed by atoms with Gasteiger partial charge in [0, 0.05) is 17.9 Å². The van der Waals surface area contributed by atoms with Gasteiger partial charge in [-0.05, 0) is 35.2 Å². The molecule has 2 N–H and O–H groups in total. The number of aromatic nitrogens is 1. The van der Waals surface area contributed by atoms with Crippen molar-refractivity contribution in [3.63, 3.8) is 0 Å². The summed E-state index contributed by atoms with van der Waals surface area (Å²) in [6, 6.07) is 10.9. The molecule has 0 unspecified atom stereocenters. The van der Waals surface area contributed by atoms with Crippen LogP contribution in [-0.4, -0.2) is 13.4 Å². The Morgan fingerprint density at radius 1 is 1.12 bits per heavy atom. The number of oxazole rings is 1. The van der Waals surface area contributed by atoms with E-state index in [1.807, 2.05) is 0 Å². The SMILES string of the molecule is CC1(C)[C@@H](c2ccc(S(N)(=O)=O)cc2)[C@@H]1c1nc2ccc(F)cc2o1. The quantitative estimate of drug-likeness (QED) is 0.774. The minimum absolute atomic E-state index is 0.0447. The Labute approximate surface area is 144 Å². The zero-order chi connectivity index (χ0) is 18.0. The normalized spacial score (nSPS) is 22.2. The number of sulfonamides is 1. The highest BCUT2D eigenvalue weighted by molar-refractivity contribution is 7.89. The molecule has 0 amide bonds. The molecule has 1 fully saturated rings. The minimum atomic E-state index is -3.71. The van der Waals surface area contributed by atoms with Crippen LogP contribution in [-0.2, 0) is 10.0 Å². The van der Waals surface area contributed by atoms with Gasteiger partial charge in [0.25, 0.3) is 0 Å². The molecule has 0 radical (unpaired) electrons. The van der Waals surface area contributed by atoms with Crippen LogP contribution in [0, 0.1) is 11.2 Å². The standard InChI is InChI=1S/C18H17FN2O3S/c1-18(2)15(10-3-6-12(7-4-10)25(20,22)23)16(18)17-21-13-8-5-11(19)9-14(13)24-17/h3-9,15-16H,1-2H3,(H2,20,22,23)/t15-,16+/m0/s1. The lowest BCUT2D eigenvalue weighted by Crippen LogP contribution is -2.11. The highest BCUT2D eigenvalue weighted by Gasteiger charge is 2.61. The van der Waals surface area contributed by atoms with Crippen LogP contribution in [0.4, 0.5) is 4.39 Å². The van der Waals surface area contributed by atoms with E-state index in [0.717, 1.165) is 5.56 Å². The predicted octanol–water partition coefficient (Wildman–Crippen LogP) is 3.52. The molecule has 25 heavy (non-hydrogen) atoms. The summed E-state index contributed by atoms with van der Waals surface area (Å²) in [4.78, 5) is 4.58. The van der Waals surface area contributed by atoms with Gasteiger partial charge in [0.05, 0.1) is 4.90 Å². The first kappa shape index (κ1) is 16.2. The van der Waals surface area contributed by atoms with Gasteiger partial charge < -0.3 is 4.42 Å². The van der Waals surface area contributed by atoms with E-state index in [1.54, 1.807) is 18.2 Å². The highest BCUT2D eigenvalue weighted by Crippen LogP contribution is 2.69. The second-order valence-electron chi connectivity index (χ2n) is 7.05. The van der Waals surface area contributed by atoms with Crippen molar-refractivity contribution in [2.24, 2.45) is 10.6 Å². The van der Waals surface area contributed by atoms with Crippen molar-refractivity contribution in [2.75, 3.05) is 0 Å². The van der Waals surface area contributed by atoms with Gasteiger partial charge in [0.1, 0.15) is 11.3 Å². The zero-order valence-electron chi connectivity index (χ0n) is 13.7. The lowest BCUT2D eigenvalue weighted by Gasteiger charge is -2.04. The maximum Gasteiger partial charge on any atom is 0.238 e. The van der Waals surface area contributed by atoms with Crippen LogP contribution in [0.2, 0.25) is 0 Å². The first-order valence-corrected chi connectivity index (χ1v) is 9.41. The maximum absolute atomic E-state index is 13.3. The second-order valence-corrected chi connectivity index (χ2v) is 8.62. The number of halogens is 1. The van der Waals surface area contributed by atoms with Crippen LogP contribution in [0.1, 0.15) is 37.1 Å². The molecule has 2 aromatic carbocycles. The second kappa shape index (κ2) is 5.12. The Kier molecular flexibility index (Phi) is 3.33. The molecule has 5 nitrogen and oxygen atoms in total. The Morgan fingerprint density at radius 2 is 1.80 bits per heavy atom. The van der Waals surface area contributed by atoms with E-state index in [1.165, 1.54) is 24.3 Å². The molecule has 2 atom stereocenters. The molecule has 0 bridgehead atoms. The molecule has 1 aliphatic carbocycles. The fraction of sp³-hybridized carbons (Fsp3) is 0.278. The Balaban J connectivity index is 1.69. The molecule has 1 aliphatic rings. The summed E-state index contributed by atoms with van der Waals surface area (Å²) in [5.74, 6) is 0.398. The molecule has 7 heteroatoms. The predicted molar refractivity (Wildman–Crippen MR) is 91.0 cm³/mol. The van der Waals surface area contributed by atoms with E-state index in [4.69, 9.17) is 9.56 Å². The summed E-state index contributed by atoms with van der Waals surface area (Å²) in [6.07, 6.45) is 0. The van der Waals surface area contributed by atoms with Gasteiger partial charge in [-0.2, -0.15) is 0 Å². The molecule has 1 saturated carbocycles. The van der Waals surface area contributed by atoms with Gasteiger partial charge in [-0.1, -0.05) is 26.0 Å². The van der Waals surface area contributed by atoms with E-state index in [0.29, 0.717) is 17.0 Å². The number of hydrogen-bond donors (Lipinski definition) is 1. The fourth-order valence-electron chi connectivity index (χ4n) is 3.63. The topological polar surface area (TPSA) is 86.2 Å². The molecule has 1 heterocycles. The molecule has 130 valence electrons. The average Bonchev–Trinajstić information content (AvgIpc) is 2.89. The Bertz CT molecular complexity index is 1070. The first-order chi connectivity index (χ1) is 11.7. The van der Waals surface area contributed by atoms with Crippen LogP contribution < -0.4 is 5.14 Å². The summed E-state index contributed by atoms with van der Waals surface area (Å²) in [6.45, 7) is 4.21. The monoisotopic (exact) mass is 360 g/mol. The van der Waals surface area contributed by atoms with Gasteiger partial charge in [-0.25, -0.2) is 22.9 Å². The Morgan fingerprint density at radius 3 is 2.44 bits per heavy atom. The number of fused-ring (bicyclic) bond motifs is 1. The summed E-state index contributed by atoms with van der Waals surface area (Å²) in [7, 11) is -3.71. The summed E-state index contributed by atoms with van der Waals surface area (Å²) in [5, 5.41) is 5.14. The lowest BCUT2D eigenvalue weighted by molar-refractivity contribution is 0.492. The molecule has 4 rings (SSSR count). The van der Waals surface area contributed by atoms with Crippen molar-refractivity contribution in [3.05, 3.63) is 59.7 Å². The molecular formula is C18H17FN2O3S. The first-order valence-electron chi connectivity index (χ1n) is 7.87. The number of benzene rings is 2. The third-order valence-electron chi connectivity index (χ3n) is 5.03. The van der Waals surface area contributed by atoms with E-state index in [9.17, 15) is 12.8 Å². The van der Waals surface area contributed by atoms with E-state index in [-0.39, 0.29) is 28.0 Å². The number of rotatable bonds is 3. The number of primary sulfonamides is 1. The van der Waals surface area contributed by atoms with Gasteiger partial charge in [-0.3, -0.25) is 0 Å². The largest absolute Gasteiger partial charge is 0.440 e. The van der Waals surface area contributed by atoms with E-state index >= 15 is 0 Å². The van der Waals surface area contributed by atoms with Crippen molar-refractivity contribution in [1.82, 2.24) is 4.98 Å². The molecule has 0 aliphatic heterocycles. The van der Waals surface area contributed by atoms with Crippen molar-refractivity contribution in [3.8, 4) is 0 Å². The smallest absolute Gasteiger partial charge is 0.238 e. The van der Waals surface area contributed by atoms with Gasteiger partial charge in [-0.15, -0.1) is 0 Å². The van der Waals surface area contributed by atoms with Crippen LogP contribution in [0.15, 0.2) is 51.8 Å². The highest BCUT2D eigenvalue weighted by atomic mass is 32.2. The van der Waals surface area contributed by atoms with Crippen molar-refractivity contribution in [1.29, 1.82) is 0 Å². The van der Waals surface area contributed by atoms with Gasteiger partial charge in [0.15, 0.2) is 11.5 Å². The molecule has 1 aromatic heterocycles.